The summed E-state index contributed by atoms with van der Waals surface area (Å²) in [5, 5.41) is 0.392. The third-order valence-electron chi connectivity index (χ3n) is 2.77. The molecule has 0 saturated heterocycles. The van der Waals surface area contributed by atoms with Gasteiger partial charge in [0.05, 0.1) is 12.2 Å². The Bertz CT molecular complexity index is 668. The smallest absolute Gasteiger partial charge is 0.434 e. The van der Waals surface area contributed by atoms with E-state index in [-0.39, 0.29) is 17.8 Å². The van der Waals surface area contributed by atoms with Crippen LogP contribution < -0.4 is 0 Å². The lowest BCUT2D eigenvalue weighted by molar-refractivity contribution is -0.141. The van der Waals surface area contributed by atoms with E-state index in [0.29, 0.717) is 5.39 Å². The molecule has 0 unspecified atom stereocenters. The van der Waals surface area contributed by atoms with Crippen LogP contribution in [0, 0.1) is 6.92 Å². The standard InChI is InChI=1S/C13H11F3N2O2/c1-3-20-12(19)9-7(2)8-5-4-6-17-11(8)18-10(9)13(14,15)16/h4-6H,3H2,1-2H3. The predicted molar refractivity (Wildman–Crippen MR) is 65.2 cm³/mol. The van der Waals surface area contributed by atoms with E-state index in [1.165, 1.54) is 20.0 Å². The number of halogens is 3. The van der Waals surface area contributed by atoms with E-state index in [9.17, 15) is 18.0 Å². The van der Waals surface area contributed by atoms with Gasteiger partial charge in [0.25, 0.3) is 0 Å². The lowest BCUT2D eigenvalue weighted by Crippen LogP contribution is -2.19. The maximum atomic E-state index is 13.1. The fourth-order valence-corrected chi connectivity index (χ4v) is 1.91. The lowest BCUT2D eigenvalue weighted by atomic mass is 10.0. The lowest BCUT2D eigenvalue weighted by Gasteiger charge is -2.15. The van der Waals surface area contributed by atoms with Crippen LogP contribution in [-0.4, -0.2) is 22.5 Å². The van der Waals surface area contributed by atoms with Gasteiger partial charge in [-0.25, -0.2) is 14.8 Å². The van der Waals surface area contributed by atoms with Gasteiger partial charge in [0.1, 0.15) is 0 Å². The zero-order chi connectivity index (χ0) is 14.9. The first-order chi connectivity index (χ1) is 9.36. The maximum absolute atomic E-state index is 13.1. The number of carbonyl (C=O) groups is 1. The number of aromatic nitrogens is 2. The third kappa shape index (κ3) is 2.43. The minimum atomic E-state index is -4.75. The van der Waals surface area contributed by atoms with Crippen LogP contribution in [0.4, 0.5) is 13.2 Å². The number of alkyl halides is 3. The second-order valence-corrected chi connectivity index (χ2v) is 4.05. The Morgan fingerprint density at radius 1 is 1.40 bits per heavy atom. The summed E-state index contributed by atoms with van der Waals surface area (Å²) in [7, 11) is 0. The summed E-state index contributed by atoms with van der Waals surface area (Å²) in [4.78, 5) is 19.1. The van der Waals surface area contributed by atoms with Gasteiger partial charge in [-0.3, -0.25) is 0 Å². The van der Waals surface area contributed by atoms with Crippen molar-refractivity contribution in [2.45, 2.75) is 20.0 Å². The number of nitrogens with zero attached hydrogens (tertiary/aromatic N) is 2. The number of pyridine rings is 2. The SMILES string of the molecule is CCOC(=O)c1c(C(F)(F)F)nc2ncccc2c1C. The van der Waals surface area contributed by atoms with Gasteiger partial charge in [-0.1, -0.05) is 0 Å². The minimum Gasteiger partial charge on any atom is -0.462 e. The van der Waals surface area contributed by atoms with Crippen LogP contribution in [0.1, 0.15) is 28.5 Å². The highest BCUT2D eigenvalue weighted by Crippen LogP contribution is 2.34. The number of carbonyl (C=O) groups excluding carboxylic acids is 1. The van der Waals surface area contributed by atoms with E-state index < -0.39 is 23.4 Å². The van der Waals surface area contributed by atoms with E-state index in [2.05, 4.69) is 9.97 Å². The van der Waals surface area contributed by atoms with Crippen molar-refractivity contribution in [3.05, 3.63) is 35.2 Å². The number of ether oxygens (including phenoxy) is 1. The molecule has 0 bridgehead atoms. The van der Waals surface area contributed by atoms with Gasteiger partial charge in [0.15, 0.2) is 11.3 Å². The fraction of sp³-hybridized carbons (Fsp3) is 0.308. The van der Waals surface area contributed by atoms with Crippen LogP contribution in [0.3, 0.4) is 0 Å². The van der Waals surface area contributed by atoms with Gasteiger partial charge in [-0.05, 0) is 31.5 Å². The average molecular weight is 284 g/mol. The molecule has 20 heavy (non-hydrogen) atoms. The maximum Gasteiger partial charge on any atom is 0.434 e. The molecule has 0 fully saturated rings. The number of rotatable bonds is 2. The van der Waals surface area contributed by atoms with Crippen LogP contribution in [0.2, 0.25) is 0 Å². The second kappa shape index (κ2) is 5.07. The predicted octanol–water partition coefficient (Wildman–Crippen LogP) is 3.13. The first kappa shape index (κ1) is 14.2. The van der Waals surface area contributed by atoms with Crippen molar-refractivity contribution in [3.63, 3.8) is 0 Å². The van der Waals surface area contributed by atoms with Gasteiger partial charge < -0.3 is 4.74 Å². The van der Waals surface area contributed by atoms with E-state index in [0.717, 1.165) is 0 Å². The van der Waals surface area contributed by atoms with Crippen LogP contribution >= 0.6 is 0 Å². The number of hydrogen-bond acceptors (Lipinski definition) is 4. The van der Waals surface area contributed by atoms with Gasteiger partial charge in [0, 0.05) is 11.6 Å². The Labute approximate surface area is 112 Å². The average Bonchev–Trinajstić information content (AvgIpc) is 2.37. The second-order valence-electron chi connectivity index (χ2n) is 4.05. The van der Waals surface area contributed by atoms with Crippen LogP contribution in [0.15, 0.2) is 18.3 Å². The summed E-state index contributed by atoms with van der Waals surface area (Å²) < 4.78 is 43.9. The van der Waals surface area contributed by atoms with Crippen molar-refractivity contribution in [2.75, 3.05) is 6.61 Å². The molecule has 2 rings (SSSR count). The molecule has 7 heteroatoms. The molecule has 2 heterocycles. The first-order valence-corrected chi connectivity index (χ1v) is 5.86. The zero-order valence-electron chi connectivity index (χ0n) is 10.8. The van der Waals surface area contributed by atoms with Crippen LogP contribution in [0.25, 0.3) is 11.0 Å². The minimum absolute atomic E-state index is 0.0132. The summed E-state index contributed by atoms with van der Waals surface area (Å²) in [5.41, 5.74) is -1.71. The highest BCUT2D eigenvalue weighted by atomic mass is 19.4. The molecular formula is C13H11F3N2O2. The van der Waals surface area contributed by atoms with Gasteiger partial charge in [-0.15, -0.1) is 0 Å². The Kier molecular flexibility index (Phi) is 3.61. The molecule has 2 aromatic heterocycles. The van der Waals surface area contributed by atoms with Crippen molar-refractivity contribution in [3.8, 4) is 0 Å². The van der Waals surface area contributed by atoms with Crippen molar-refractivity contribution in [1.29, 1.82) is 0 Å². The molecule has 0 amide bonds. The summed E-state index contributed by atoms with van der Waals surface area (Å²) in [6.45, 7) is 2.93. The van der Waals surface area contributed by atoms with E-state index >= 15 is 0 Å². The Hall–Kier alpha value is -2.18. The molecule has 0 spiro atoms. The van der Waals surface area contributed by atoms with Gasteiger partial charge >= 0.3 is 12.1 Å². The number of hydrogen-bond donors (Lipinski definition) is 0. The molecule has 0 aliphatic heterocycles. The fourth-order valence-electron chi connectivity index (χ4n) is 1.91. The van der Waals surface area contributed by atoms with Crippen LogP contribution in [0.5, 0.6) is 0 Å². The molecule has 106 valence electrons. The summed E-state index contributed by atoms with van der Waals surface area (Å²) >= 11 is 0. The Morgan fingerprint density at radius 2 is 2.10 bits per heavy atom. The van der Waals surface area contributed by atoms with Gasteiger partial charge in [0.2, 0.25) is 0 Å². The Morgan fingerprint density at radius 3 is 2.70 bits per heavy atom. The van der Waals surface area contributed by atoms with E-state index in [4.69, 9.17) is 4.74 Å². The molecule has 0 atom stereocenters. The quantitative estimate of drug-likeness (QED) is 0.795. The van der Waals surface area contributed by atoms with E-state index in [1.54, 1.807) is 12.1 Å². The molecule has 2 aromatic rings. The highest BCUT2D eigenvalue weighted by molar-refractivity contribution is 5.97. The molecule has 4 nitrogen and oxygen atoms in total. The van der Waals surface area contributed by atoms with Crippen LogP contribution in [-0.2, 0) is 10.9 Å². The number of fused-ring (bicyclic) bond motifs is 1. The zero-order valence-corrected chi connectivity index (χ0v) is 10.8. The Balaban J connectivity index is 2.80. The summed E-state index contributed by atoms with van der Waals surface area (Å²) in [5.74, 6) is -1.03. The molecule has 0 aliphatic carbocycles. The molecule has 0 N–H and O–H groups in total. The monoisotopic (exact) mass is 284 g/mol. The number of esters is 1. The molecule has 0 saturated carbocycles. The largest absolute Gasteiger partial charge is 0.462 e. The summed E-state index contributed by atoms with van der Waals surface area (Å²) in [6, 6.07) is 3.13. The van der Waals surface area contributed by atoms with Crippen molar-refractivity contribution in [1.82, 2.24) is 9.97 Å². The molecule has 0 radical (unpaired) electrons. The molecule has 0 aromatic carbocycles. The first-order valence-electron chi connectivity index (χ1n) is 5.86. The topological polar surface area (TPSA) is 52.1 Å². The third-order valence-corrected chi connectivity index (χ3v) is 2.77. The normalized spacial score (nSPS) is 11.7. The summed E-state index contributed by atoms with van der Waals surface area (Å²) in [6.07, 6.45) is -3.41. The molecule has 0 aliphatic rings. The molecular weight excluding hydrogens is 273 g/mol. The van der Waals surface area contributed by atoms with Crippen molar-refractivity contribution in [2.24, 2.45) is 0 Å². The van der Waals surface area contributed by atoms with E-state index in [1.807, 2.05) is 0 Å². The van der Waals surface area contributed by atoms with Crippen molar-refractivity contribution < 1.29 is 22.7 Å². The van der Waals surface area contributed by atoms with Crippen molar-refractivity contribution >= 4 is 17.0 Å². The number of aryl methyl sites for hydroxylation is 1. The van der Waals surface area contributed by atoms with Gasteiger partial charge in [-0.2, -0.15) is 13.2 Å². The highest BCUT2D eigenvalue weighted by Gasteiger charge is 2.39.